The second-order valence-electron chi connectivity index (χ2n) is 2.78. The first-order valence-electron chi connectivity index (χ1n) is 3.87. The fourth-order valence-corrected chi connectivity index (χ4v) is 1.35. The molecule has 12 heavy (non-hydrogen) atoms. The second-order valence-corrected chi connectivity index (χ2v) is 2.78. The van der Waals surface area contributed by atoms with Crippen molar-refractivity contribution in [3.63, 3.8) is 0 Å². The van der Waals surface area contributed by atoms with E-state index in [2.05, 4.69) is 20.9 Å². The highest BCUT2D eigenvalue weighted by molar-refractivity contribution is 6.09. The normalized spacial score (nSPS) is 34.4. The molecule has 0 aromatic carbocycles. The molecule has 2 heterocycles. The van der Waals surface area contributed by atoms with Gasteiger partial charge in [-0.2, -0.15) is 0 Å². The number of nitrogens with one attached hydrogen (secondary N) is 3. The van der Waals surface area contributed by atoms with Crippen LogP contribution in [-0.2, 0) is 4.79 Å². The average Bonchev–Trinajstić information content (AvgIpc) is 2.04. The zero-order valence-corrected chi connectivity index (χ0v) is 6.50. The Labute approximate surface area is 69.6 Å². The number of carbonyl (C=O) groups is 1. The van der Waals surface area contributed by atoms with E-state index >= 15 is 0 Å². The summed E-state index contributed by atoms with van der Waals surface area (Å²) >= 11 is 0. The van der Waals surface area contributed by atoms with Crippen LogP contribution in [-0.4, -0.2) is 37.2 Å². The molecule has 0 aliphatic carbocycles. The summed E-state index contributed by atoms with van der Waals surface area (Å²) in [7, 11) is 0. The number of hydrogen-bond acceptors (Lipinski definition) is 5. The van der Waals surface area contributed by atoms with E-state index in [9.17, 15) is 4.79 Å². The van der Waals surface area contributed by atoms with Gasteiger partial charge in [-0.15, -0.1) is 0 Å². The highest BCUT2D eigenvalue weighted by Crippen LogP contribution is 1.98. The number of nitrogens with two attached hydrogens (primary N) is 1. The van der Waals surface area contributed by atoms with Crippen molar-refractivity contribution in [1.82, 2.24) is 16.0 Å². The van der Waals surface area contributed by atoms with Crippen molar-refractivity contribution in [3.05, 3.63) is 0 Å². The monoisotopic (exact) mass is 169 g/mol. The predicted octanol–water partition coefficient (Wildman–Crippen LogP) is -2.68. The SMILES string of the molecule is NC1NC(=O)C2NCCN=C2N1. The van der Waals surface area contributed by atoms with Crippen molar-refractivity contribution < 1.29 is 4.79 Å². The van der Waals surface area contributed by atoms with Crippen LogP contribution in [0.4, 0.5) is 0 Å². The standard InChI is InChI=1S/C6H11N5O/c7-6-10-4-3(5(12)11-6)8-1-2-9-4/h3,6,8H,1-2,7H2,(H,9,10)(H,11,12). The van der Waals surface area contributed by atoms with E-state index < -0.39 is 6.29 Å². The highest BCUT2D eigenvalue weighted by Gasteiger charge is 2.32. The molecule has 0 bridgehead atoms. The molecular weight excluding hydrogens is 158 g/mol. The van der Waals surface area contributed by atoms with Gasteiger partial charge in [-0.3, -0.25) is 20.8 Å². The maximum atomic E-state index is 11.3. The van der Waals surface area contributed by atoms with E-state index in [1.54, 1.807) is 0 Å². The molecule has 66 valence electrons. The van der Waals surface area contributed by atoms with Gasteiger partial charge in [-0.1, -0.05) is 0 Å². The molecule has 0 saturated carbocycles. The van der Waals surface area contributed by atoms with Crippen molar-refractivity contribution in [1.29, 1.82) is 0 Å². The lowest BCUT2D eigenvalue weighted by atomic mass is 10.2. The first kappa shape index (κ1) is 7.51. The Balaban J connectivity index is 2.20. The number of rotatable bonds is 0. The number of hydrogen-bond donors (Lipinski definition) is 4. The minimum atomic E-state index is -0.507. The first-order chi connectivity index (χ1) is 5.77. The van der Waals surface area contributed by atoms with E-state index in [-0.39, 0.29) is 11.9 Å². The Morgan fingerprint density at radius 2 is 2.33 bits per heavy atom. The summed E-state index contributed by atoms with van der Waals surface area (Å²) in [5, 5.41) is 8.48. The minimum Gasteiger partial charge on any atom is -0.340 e. The van der Waals surface area contributed by atoms with E-state index in [4.69, 9.17) is 5.73 Å². The molecule has 2 atom stereocenters. The van der Waals surface area contributed by atoms with Gasteiger partial charge in [0.25, 0.3) is 0 Å². The van der Waals surface area contributed by atoms with Crippen molar-refractivity contribution in [3.8, 4) is 0 Å². The summed E-state index contributed by atoms with van der Waals surface area (Å²) in [5.74, 6) is 0.539. The van der Waals surface area contributed by atoms with Crippen molar-refractivity contribution in [2.75, 3.05) is 13.1 Å². The third-order valence-electron chi connectivity index (χ3n) is 1.88. The van der Waals surface area contributed by atoms with Crippen LogP contribution in [0.3, 0.4) is 0 Å². The van der Waals surface area contributed by atoms with Crippen LogP contribution in [0.25, 0.3) is 0 Å². The summed E-state index contributed by atoms with van der Waals surface area (Å²) in [6.07, 6.45) is -0.507. The molecule has 0 spiro atoms. The number of amides is 1. The number of fused-ring (bicyclic) bond motifs is 1. The fraction of sp³-hybridized carbons (Fsp3) is 0.667. The highest BCUT2D eigenvalue weighted by atomic mass is 16.2. The Kier molecular flexibility index (Phi) is 1.70. The van der Waals surface area contributed by atoms with Gasteiger partial charge in [-0.25, -0.2) is 0 Å². The maximum Gasteiger partial charge on any atom is 0.247 e. The first-order valence-corrected chi connectivity index (χ1v) is 3.87. The van der Waals surface area contributed by atoms with Crippen molar-refractivity contribution in [2.24, 2.45) is 10.7 Å². The van der Waals surface area contributed by atoms with Gasteiger partial charge in [0.1, 0.15) is 11.9 Å². The average molecular weight is 169 g/mol. The molecule has 2 unspecified atom stereocenters. The number of carbonyl (C=O) groups excluding carboxylic acids is 1. The third-order valence-corrected chi connectivity index (χ3v) is 1.88. The smallest absolute Gasteiger partial charge is 0.247 e. The van der Waals surface area contributed by atoms with Crippen LogP contribution >= 0.6 is 0 Å². The minimum absolute atomic E-state index is 0.111. The van der Waals surface area contributed by atoms with Gasteiger partial charge in [0, 0.05) is 6.54 Å². The predicted molar refractivity (Wildman–Crippen MR) is 43.3 cm³/mol. The topological polar surface area (TPSA) is 91.5 Å². The summed E-state index contributed by atoms with van der Waals surface area (Å²) in [6.45, 7) is 1.43. The summed E-state index contributed by atoms with van der Waals surface area (Å²) in [4.78, 5) is 15.4. The van der Waals surface area contributed by atoms with Gasteiger partial charge in [0.05, 0.1) is 6.54 Å². The van der Waals surface area contributed by atoms with Crippen LogP contribution in [0.1, 0.15) is 0 Å². The lowest BCUT2D eigenvalue weighted by Gasteiger charge is -2.32. The molecule has 6 nitrogen and oxygen atoms in total. The molecule has 1 saturated heterocycles. The lowest BCUT2D eigenvalue weighted by Crippen LogP contribution is -2.69. The number of aliphatic imine (C=N–C) groups is 1. The van der Waals surface area contributed by atoms with Crippen LogP contribution in [0, 0.1) is 0 Å². The van der Waals surface area contributed by atoms with E-state index in [0.717, 1.165) is 6.54 Å². The largest absolute Gasteiger partial charge is 0.340 e. The molecule has 2 aliphatic rings. The summed E-state index contributed by atoms with van der Waals surface area (Å²) in [6, 6.07) is -0.335. The van der Waals surface area contributed by atoms with Crippen LogP contribution < -0.4 is 21.7 Å². The Morgan fingerprint density at radius 1 is 1.50 bits per heavy atom. The molecule has 6 heteroatoms. The molecule has 2 rings (SSSR count). The number of amidine groups is 1. The van der Waals surface area contributed by atoms with E-state index in [0.29, 0.717) is 12.4 Å². The van der Waals surface area contributed by atoms with Gasteiger partial charge >= 0.3 is 0 Å². The van der Waals surface area contributed by atoms with E-state index in [1.165, 1.54) is 0 Å². The van der Waals surface area contributed by atoms with Crippen LogP contribution in [0.5, 0.6) is 0 Å². The van der Waals surface area contributed by atoms with Gasteiger partial charge < -0.3 is 10.6 Å². The molecule has 5 N–H and O–H groups in total. The van der Waals surface area contributed by atoms with Crippen molar-refractivity contribution in [2.45, 2.75) is 12.3 Å². The Bertz CT molecular complexity index is 238. The molecule has 1 fully saturated rings. The lowest BCUT2D eigenvalue weighted by molar-refractivity contribution is -0.123. The van der Waals surface area contributed by atoms with E-state index in [1.807, 2.05) is 0 Å². The summed E-state index contributed by atoms with van der Waals surface area (Å²) < 4.78 is 0. The Hall–Kier alpha value is -1.14. The molecule has 0 aromatic heterocycles. The molecule has 2 aliphatic heterocycles. The zero-order valence-electron chi connectivity index (χ0n) is 6.50. The molecule has 0 radical (unpaired) electrons. The van der Waals surface area contributed by atoms with Crippen molar-refractivity contribution >= 4 is 11.7 Å². The van der Waals surface area contributed by atoms with Gasteiger partial charge in [0.2, 0.25) is 5.91 Å². The van der Waals surface area contributed by atoms with Crippen LogP contribution in [0.2, 0.25) is 0 Å². The number of nitrogens with zero attached hydrogens (tertiary/aromatic N) is 1. The summed E-state index contributed by atoms with van der Waals surface area (Å²) in [5.41, 5.74) is 5.48. The molecule has 0 aromatic rings. The third kappa shape index (κ3) is 1.15. The van der Waals surface area contributed by atoms with Gasteiger partial charge in [0.15, 0.2) is 6.29 Å². The quantitative estimate of drug-likeness (QED) is 0.318. The van der Waals surface area contributed by atoms with Gasteiger partial charge in [-0.05, 0) is 0 Å². The molecule has 1 amide bonds. The maximum absolute atomic E-state index is 11.3. The fourth-order valence-electron chi connectivity index (χ4n) is 1.35. The Morgan fingerprint density at radius 3 is 3.17 bits per heavy atom. The zero-order chi connectivity index (χ0) is 8.55. The second kappa shape index (κ2) is 2.72. The van der Waals surface area contributed by atoms with Crippen LogP contribution in [0.15, 0.2) is 4.99 Å². The molecular formula is C6H11N5O.